The Kier molecular flexibility index (Phi) is 21.3. The van der Waals surface area contributed by atoms with E-state index in [0.29, 0.717) is 51.2 Å². The van der Waals surface area contributed by atoms with Crippen LogP contribution < -0.4 is 49.5 Å². The number of amides is 5. The molecule has 28 nitrogen and oxygen atoms in total. The van der Waals surface area contributed by atoms with Crippen molar-refractivity contribution in [1.29, 1.82) is 0 Å². The largest absolute Gasteiger partial charge is 0.382 e. The van der Waals surface area contributed by atoms with E-state index >= 15 is 0 Å². The highest BCUT2D eigenvalue weighted by atomic mass is 19.1. The molecule has 13 N–H and O–H groups in total. The van der Waals surface area contributed by atoms with Crippen molar-refractivity contribution in [3.05, 3.63) is 249 Å². The second kappa shape index (κ2) is 31.2. The van der Waals surface area contributed by atoms with Gasteiger partial charge in [0.1, 0.15) is 11.6 Å². The summed E-state index contributed by atoms with van der Waals surface area (Å²) in [6, 6.07) is 35.4. The fourth-order valence-corrected chi connectivity index (χ4v) is 7.93. The van der Waals surface area contributed by atoms with Crippen LogP contribution in [0.5, 0.6) is 0 Å². The van der Waals surface area contributed by atoms with Crippen LogP contribution in [0, 0.1) is 5.82 Å². The van der Waals surface area contributed by atoms with Gasteiger partial charge < -0.3 is 49.5 Å². The molecule has 0 spiro atoms. The summed E-state index contributed by atoms with van der Waals surface area (Å²) in [4.78, 5) is 118. The summed E-state index contributed by atoms with van der Waals surface area (Å²) in [5, 5.41) is 13.1. The summed E-state index contributed by atoms with van der Waals surface area (Å²) < 4.78 is 13.6. The zero-order chi connectivity index (χ0) is 65.5. The first-order valence-corrected chi connectivity index (χ1v) is 27.5. The predicted octanol–water partition coefficient (Wildman–Crippen LogP) is 10.6. The van der Waals surface area contributed by atoms with Crippen LogP contribution in [0.1, 0.15) is 61.7 Å². The third kappa shape index (κ3) is 17.9. The van der Waals surface area contributed by atoms with Crippen molar-refractivity contribution >= 4 is 81.4 Å². The van der Waals surface area contributed by atoms with Gasteiger partial charge >= 0.3 is 0 Å². The summed E-state index contributed by atoms with van der Waals surface area (Å²) >= 11 is 0. The Bertz CT molecular complexity index is 4460. The number of halogens is 1. The Morgan fingerprint density at radius 3 is 1.13 bits per heavy atom. The number of carbonyl (C=O) groups is 5. The average molecular weight is 1260 g/mol. The van der Waals surface area contributed by atoms with E-state index < -0.39 is 29.4 Å². The number of nitrogens with one attached hydrogen (secondary N) is 5. The average Bonchev–Trinajstić information content (AvgIpc) is 0.842. The van der Waals surface area contributed by atoms with Crippen molar-refractivity contribution in [3.8, 4) is 45.0 Å². The molecule has 2 aromatic carbocycles. The van der Waals surface area contributed by atoms with Crippen molar-refractivity contribution in [1.82, 2.24) is 69.8 Å². The number of pyridine rings is 6. The standard InChI is InChI=1S/C18H16N6O2.C16H12FN5O.2C15H12N6O.9H2/c1-11(25)22-13-5-2-6-14(8-13)23-18(26)16-17(19)21-10-15(24-16)12-4-3-7-20-9-12;17-11-5-1-2-6-12(11)22-16(23)14-15(18)20-9-13(21-14)10-4-3-7-19-8-10;16-14-13(15(22)20-11-3-6-17-7-4-11)21-12(9-19-14)10-2-1-5-18-8-10;16-14-13(15(22)21-12-5-1-2-7-18-12)20-11(9-19-14)10-4-3-6-17-8-10;;;;;;;;;/h2-10H,1H3,(H2,19,21)(H,22,25)(H,23,26);1-9H,(H2,18,20)(H,22,23);1-9H,(H2,16,19)(H,17,20,22);1-9H,(H2,16,19)(H,18,21,22);9*1H. The van der Waals surface area contributed by atoms with Gasteiger partial charge in [0.15, 0.2) is 46.0 Å². The van der Waals surface area contributed by atoms with E-state index in [1.807, 2.05) is 18.2 Å². The van der Waals surface area contributed by atoms with Crippen LogP contribution in [0.15, 0.2) is 220 Å². The molecule has 0 fully saturated rings. The van der Waals surface area contributed by atoms with Crippen LogP contribution in [-0.4, -0.2) is 99.3 Å². The summed E-state index contributed by atoms with van der Waals surface area (Å²) in [6.45, 7) is 1.41. The van der Waals surface area contributed by atoms with E-state index in [2.05, 4.69) is 96.4 Å². The molecule has 0 saturated carbocycles. The van der Waals surface area contributed by atoms with Gasteiger partial charge in [0.25, 0.3) is 23.6 Å². The van der Waals surface area contributed by atoms with Gasteiger partial charge in [-0.3, -0.25) is 48.9 Å². The number of benzene rings is 2. The molecule has 93 heavy (non-hydrogen) atoms. The first-order chi connectivity index (χ1) is 45.1. The Labute approximate surface area is 541 Å². The Balaban J connectivity index is 0.00000130. The highest BCUT2D eigenvalue weighted by molar-refractivity contribution is 6.08. The van der Waals surface area contributed by atoms with Crippen LogP contribution >= 0.6 is 0 Å². The molecule has 0 aliphatic rings. The number of para-hydroxylation sites is 1. The molecule has 5 amide bonds. The summed E-state index contributed by atoms with van der Waals surface area (Å²) in [5.41, 5.74) is 29.7. The minimum absolute atomic E-state index is 0. The van der Waals surface area contributed by atoms with Gasteiger partial charge in [-0.15, -0.1) is 0 Å². The van der Waals surface area contributed by atoms with Crippen LogP contribution in [0.4, 0.5) is 56.2 Å². The number of rotatable bonds is 13. The topological polar surface area (TPSA) is 430 Å². The van der Waals surface area contributed by atoms with E-state index in [-0.39, 0.29) is 70.5 Å². The first-order valence-electron chi connectivity index (χ1n) is 27.5. The van der Waals surface area contributed by atoms with Crippen molar-refractivity contribution < 1.29 is 41.2 Å². The van der Waals surface area contributed by atoms with Gasteiger partial charge in [-0.1, -0.05) is 24.3 Å². The highest BCUT2D eigenvalue weighted by Gasteiger charge is 2.20. The van der Waals surface area contributed by atoms with Gasteiger partial charge in [0.05, 0.1) is 53.3 Å². The molecular formula is C64H70FN23O5. The summed E-state index contributed by atoms with van der Waals surface area (Å²) in [7, 11) is 0. The molecule has 478 valence electrons. The van der Waals surface area contributed by atoms with Gasteiger partial charge in [-0.2, -0.15) is 0 Å². The first kappa shape index (κ1) is 63.6. The van der Waals surface area contributed by atoms with Gasteiger partial charge in [0.2, 0.25) is 5.91 Å². The molecule has 0 bridgehead atoms. The lowest BCUT2D eigenvalue weighted by Gasteiger charge is -2.09. The maximum absolute atomic E-state index is 13.6. The summed E-state index contributed by atoms with van der Waals surface area (Å²) in [6.07, 6.45) is 23.8. The number of anilines is 9. The molecule has 0 saturated heterocycles. The predicted molar refractivity (Wildman–Crippen MR) is 365 cm³/mol. The van der Waals surface area contributed by atoms with E-state index in [9.17, 15) is 28.4 Å². The Morgan fingerprint density at radius 2 is 0.742 bits per heavy atom. The number of carbonyl (C=O) groups excluding carboxylic acids is 5. The number of nitrogens with two attached hydrogens (primary N) is 4. The molecule has 29 heteroatoms. The minimum Gasteiger partial charge on any atom is -0.382 e. The fourth-order valence-electron chi connectivity index (χ4n) is 7.93. The normalized spacial score (nSPS) is 10.2. The molecule has 0 unspecified atom stereocenters. The highest BCUT2D eigenvalue weighted by Crippen LogP contribution is 2.24. The van der Waals surface area contributed by atoms with Gasteiger partial charge in [0, 0.05) is 127 Å². The molecule has 10 heterocycles. The third-order valence-electron chi connectivity index (χ3n) is 12.3. The van der Waals surface area contributed by atoms with Crippen molar-refractivity contribution in [3.63, 3.8) is 0 Å². The van der Waals surface area contributed by atoms with Crippen LogP contribution in [0.2, 0.25) is 0 Å². The van der Waals surface area contributed by atoms with Crippen LogP contribution in [0.25, 0.3) is 45.0 Å². The number of aromatic nitrogens is 14. The van der Waals surface area contributed by atoms with Crippen molar-refractivity contribution in [2.75, 3.05) is 49.5 Å². The molecular weight excluding hydrogens is 1190 g/mol. The quantitative estimate of drug-likeness (QED) is 0.0518. The lowest BCUT2D eigenvalue weighted by atomic mass is 10.2. The number of nitrogen functional groups attached to an aromatic ring is 4. The lowest BCUT2D eigenvalue weighted by molar-refractivity contribution is -0.114. The molecule has 0 radical (unpaired) electrons. The smallest absolute Gasteiger partial charge is 0.279 e. The van der Waals surface area contributed by atoms with Crippen molar-refractivity contribution in [2.24, 2.45) is 0 Å². The second-order valence-corrected chi connectivity index (χ2v) is 18.9. The minimum atomic E-state index is -0.633. The van der Waals surface area contributed by atoms with E-state index in [1.54, 1.807) is 159 Å². The fraction of sp³-hybridized carbons (Fsp3) is 0.0156. The SMILES string of the molecule is CC(=O)Nc1cccc(NC(=O)c2nc(-c3cccnc3)cnc2N)c1.Nc1ncc(-c2cccnc2)nc1C(=O)Nc1ccccc1F.Nc1ncc(-c2cccnc2)nc1C(=O)Nc1ccccn1.Nc1ncc(-c2cccnc2)nc1C(=O)Nc1ccncc1.[HH].[HH].[HH].[HH].[HH].[HH].[HH].[HH].[HH]. The molecule has 0 aliphatic heterocycles. The van der Waals surface area contributed by atoms with Crippen LogP contribution in [-0.2, 0) is 4.79 Å². The zero-order valence-electron chi connectivity index (χ0n) is 48.8. The molecule has 0 atom stereocenters. The van der Waals surface area contributed by atoms with Gasteiger partial charge in [-0.05, 0) is 103 Å². The Morgan fingerprint density at radius 1 is 0.355 bits per heavy atom. The number of hydrogen-bond acceptors (Lipinski definition) is 23. The molecule has 0 aliphatic carbocycles. The van der Waals surface area contributed by atoms with Crippen LogP contribution in [0.3, 0.4) is 0 Å². The number of hydrogen-bond donors (Lipinski definition) is 9. The molecule has 12 rings (SSSR count). The van der Waals surface area contributed by atoms with E-state index in [0.717, 1.165) is 16.7 Å². The third-order valence-corrected chi connectivity index (χ3v) is 12.3. The molecule has 10 aromatic heterocycles. The Hall–Kier alpha value is -13.9. The maximum Gasteiger partial charge on any atom is 0.279 e. The lowest BCUT2D eigenvalue weighted by Crippen LogP contribution is -2.18. The maximum atomic E-state index is 13.6. The zero-order valence-corrected chi connectivity index (χ0v) is 48.8. The second-order valence-electron chi connectivity index (χ2n) is 18.9. The molecule has 12 aromatic rings. The monoisotopic (exact) mass is 1260 g/mol. The summed E-state index contributed by atoms with van der Waals surface area (Å²) in [5.74, 6) is -2.24. The van der Waals surface area contributed by atoms with Crippen molar-refractivity contribution in [2.45, 2.75) is 6.92 Å². The van der Waals surface area contributed by atoms with Gasteiger partial charge in [-0.25, -0.2) is 49.2 Å². The van der Waals surface area contributed by atoms with E-state index in [1.165, 1.54) is 49.9 Å². The van der Waals surface area contributed by atoms with E-state index in [4.69, 9.17) is 22.9 Å². The number of nitrogens with zero attached hydrogens (tertiary/aromatic N) is 14.